The summed E-state index contributed by atoms with van der Waals surface area (Å²) in [5.74, 6) is -1.42. The molecular weight excluding hydrogens is 368 g/mol. The predicted octanol–water partition coefficient (Wildman–Crippen LogP) is 5.43. The van der Waals surface area contributed by atoms with Gasteiger partial charge in [-0.3, -0.25) is 0 Å². The molecule has 1 heterocycles. The van der Waals surface area contributed by atoms with Crippen molar-refractivity contribution in [3.8, 4) is 0 Å². The lowest BCUT2D eigenvalue weighted by Gasteiger charge is -2.35. The molecule has 0 radical (unpaired) electrons. The third-order valence-corrected chi connectivity index (χ3v) is 5.58. The molecule has 1 aliphatic rings. The molecule has 1 aliphatic heterocycles. The number of benzene rings is 3. The van der Waals surface area contributed by atoms with Crippen LogP contribution in [0.5, 0.6) is 0 Å². The van der Waals surface area contributed by atoms with Gasteiger partial charge in [-0.05, 0) is 41.7 Å². The first-order valence-electron chi connectivity index (χ1n) is 10.1. The molecule has 1 fully saturated rings. The monoisotopic (exact) mass is 393 g/mol. The first-order chi connectivity index (χ1) is 14.2. The van der Waals surface area contributed by atoms with Crippen LogP contribution in [0.1, 0.15) is 35.4 Å². The molecule has 1 N–H and O–H groups in total. The lowest BCUT2D eigenvalue weighted by atomic mass is 9.83. The Bertz CT molecular complexity index is 869. The van der Waals surface area contributed by atoms with E-state index in [4.69, 9.17) is 4.74 Å². The van der Waals surface area contributed by atoms with Gasteiger partial charge in [-0.25, -0.2) is 8.78 Å². The van der Waals surface area contributed by atoms with Gasteiger partial charge in [-0.1, -0.05) is 66.7 Å². The van der Waals surface area contributed by atoms with Crippen LogP contribution >= 0.6 is 0 Å². The molecule has 3 aromatic rings. The van der Waals surface area contributed by atoms with Gasteiger partial charge < -0.3 is 10.1 Å². The molecule has 0 spiro atoms. The van der Waals surface area contributed by atoms with E-state index in [1.165, 1.54) is 23.3 Å². The number of halogens is 2. The molecule has 0 bridgehead atoms. The van der Waals surface area contributed by atoms with Crippen LogP contribution in [-0.4, -0.2) is 18.8 Å². The minimum Gasteiger partial charge on any atom is -0.376 e. The molecule has 1 saturated heterocycles. The Hall–Kier alpha value is -2.56. The summed E-state index contributed by atoms with van der Waals surface area (Å²) in [7, 11) is 0. The maximum absolute atomic E-state index is 13.4. The molecule has 0 aliphatic carbocycles. The maximum atomic E-state index is 13.4. The minimum atomic E-state index is -0.814. The standard InChI is InChI=1S/C25H25F2NO/c26-22-13-11-18(15-23(22)27)16-28-21-12-14-24(29-17-21)25(19-7-3-1-4-8-19)20-9-5-2-6-10-20/h1-11,13,15,21,24-25,28H,12,14,16-17H2/t21-,24-/m1/s1. The van der Waals surface area contributed by atoms with E-state index in [-0.39, 0.29) is 18.1 Å². The number of nitrogens with one attached hydrogen (secondary N) is 1. The average molecular weight is 393 g/mol. The lowest BCUT2D eigenvalue weighted by Crippen LogP contribution is -2.41. The Morgan fingerprint density at radius 1 is 0.828 bits per heavy atom. The second-order valence-corrected chi connectivity index (χ2v) is 7.57. The fourth-order valence-electron chi connectivity index (χ4n) is 4.05. The van der Waals surface area contributed by atoms with Gasteiger partial charge in [0.2, 0.25) is 0 Å². The van der Waals surface area contributed by atoms with Crippen molar-refractivity contribution in [3.63, 3.8) is 0 Å². The summed E-state index contributed by atoms with van der Waals surface area (Å²) in [6, 6.07) is 25.2. The topological polar surface area (TPSA) is 21.3 Å². The van der Waals surface area contributed by atoms with Crippen LogP contribution in [-0.2, 0) is 11.3 Å². The largest absolute Gasteiger partial charge is 0.376 e. The summed E-state index contributed by atoms with van der Waals surface area (Å²) in [5.41, 5.74) is 3.26. The lowest BCUT2D eigenvalue weighted by molar-refractivity contribution is -0.0116. The van der Waals surface area contributed by atoms with Crippen molar-refractivity contribution >= 4 is 0 Å². The third kappa shape index (κ3) is 4.89. The van der Waals surface area contributed by atoms with E-state index in [1.54, 1.807) is 6.07 Å². The van der Waals surface area contributed by atoms with Gasteiger partial charge >= 0.3 is 0 Å². The second-order valence-electron chi connectivity index (χ2n) is 7.57. The van der Waals surface area contributed by atoms with Crippen molar-refractivity contribution < 1.29 is 13.5 Å². The van der Waals surface area contributed by atoms with Crippen LogP contribution in [0.25, 0.3) is 0 Å². The molecule has 29 heavy (non-hydrogen) atoms. The fraction of sp³-hybridized carbons (Fsp3) is 0.280. The zero-order valence-corrected chi connectivity index (χ0v) is 16.2. The SMILES string of the molecule is Fc1ccc(CN[C@@H]2CC[C@H](C(c3ccccc3)c3ccccc3)OC2)cc1F. The van der Waals surface area contributed by atoms with Crippen LogP contribution in [0.2, 0.25) is 0 Å². The Kier molecular flexibility index (Phi) is 6.33. The molecule has 2 atom stereocenters. The molecular formula is C25H25F2NO. The Labute approximate surface area is 170 Å². The molecule has 0 unspecified atom stereocenters. The number of hydrogen-bond donors (Lipinski definition) is 1. The van der Waals surface area contributed by atoms with Crippen LogP contribution in [0, 0.1) is 11.6 Å². The van der Waals surface area contributed by atoms with Gasteiger partial charge in [0.25, 0.3) is 0 Å². The van der Waals surface area contributed by atoms with Gasteiger partial charge in [0.15, 0.2) is 11.6 Å². The van der Waals surface area contributed by atoms with Crippen molar-refractivity contribution in [2.75, 3.05) is 6.61 Å². The van der Waals surface area contributed by atoms with Gasteiger partial charge in [-0.15, -0.1) is 0 Å². The summed E-state index contributed by atoms with van der Waals surface area (Å²) in [6.07, 6.45) is 2.02. The molecule has 3 aromatic carbocycles. The highest BCUT2D eigenvalue weighted by atomic mass is 19.2. The van der Waals surface area contributed by atoms with E-state index in [1.807, 2.05) is 12.1 Å². The normalized spacial score (nSPS) is 19.4. The summed E-state index contributed by atoms with van der Waals surface area (Å²) in [5, 5.41) is 3.41. The van der Waals surface area contributed by atoms with E-state index in [0.29, 0.717) is 13.2 Å². The summed E-state index contributed by atoms with van der Waals surface area (Å²) >= 11 is 0. The highest BCUT2D eigenvalue weighted by molar-refractivity contribution is 5.34. The van der Waals surface area contributed by atoms with Crippen LogP contribution in [0.15, 0.2) is 78.9 Å². The Balaban J connectivity index is 1.39. The molecule has 150 valence electrons. The molecule has 0 saturated carbocycles. The summed E-state index contributed by atoms with van der Waals surface area (Å²) < 4.78 is 32.8. The summed E-state index contributed by atoms with van der Waals surface area (Å²) in [4.78, 5) is 0. The summed E-state index contributed by atoms with van der Waals surface area (Å²) in [6.45, 7) is 1.10. The van der Waals surface area contributed by atoms with E-state index in [2.05, 4.69) is 53.8 Å². The Morgan fingerprint density at radius 3 is 2.03 bits per heavy atom. The molecule has 4 heteroatoms. The van der Waals surface area contributed by atoms with E-state index < -0.39 is 11.6 Å². The highest BCUT2D eigenvalue weighted by Gasteiger charge is 2.30. The highest BCUT2D eigenvalue weighted by Crippen LogP contribution is 2.34. The van der Waals surface area contributed by atoms with Crippen LogP contribution < -0.4 is 5.32 Å². The van der Waals surface area contributed by atoms with Crippen molar-refractivity contribution in [3.05, 3.63) is 107 Å². The zero-order chi connectivity index (χ0) is 20.1. The fourth-order valence-corrected chi connectivity index (χ4v) is 4.05. The van der Waals surface area contributed by atoms with Gasteiger partial charge in [-0.2, -0.15) is 0 Å². The minimum absolute atomic E-state index is 0.112. The molecule has 0 aromatic heterocycles. The number of ether oxygens (including phenoxy) is 1. The second kappa shape index (κ2) is 9.29. The quantitative estimate of drug-likeness (QED) is 0.603. The number of hydrogen-bond acceptors (Lipinski definition) is 2. The van der Waals surface area contributed by atoms with Gasteiger partial charge in [0, 0.05) is 18.5 Å². The van der Waals surface area contributed by atoms with E-state index in [9.17, 15) is 8.78 Å². The Morgan fingerprint density at radius 2 is 1.48 bits per heavy atom. The van der Waals surface area contributed by atoms with E-state index >= 15 is 0 Å². The van der Waals surface area contributed by atoms with Gasteiger partial charge in [0.1, 0.15) is 0 Å². The van der Waals surface area contributed by atoms with Crippen molar-refractivity contribution in [1.82, 2.24) is 5.32 Å². The predicted molar refractivity (Wildman–Crippen MR) is 111 cm³/mol. The maximum Gasteiger partial charge on any atom is 0.159 e. The zero-order valence-electron chi connectivity index (χ0n) is 16.2. The van der Waals surface area contributed by atoms with Crippen molar-refractivity contribution in [2.45, 2.75) is 37.5 Å². The number of rotatable bonds is 6. The van der Waals surface area contributed by atoms with Crippen molar-refractivity contribution in [1.29, 1.82) is 0 Å². The first-order valence-corrected chi connectivity index (χ1v) is 10.1. The van der Waals surface area contributed by atoms with Gasteiger partial charge in [0.05, 0.1) is 12.7 Å². The van der Waals surface area contributed by atoms with Crippen LogP contribution in [0.3, 0.4) is 0 Å². The van der Waals surface area contributed by atoms with Crippen LogP contribution in [0.4, 0.5) is 8.78 Å². The molecule has 0 amide bonds. The molecule has 4 rings (SSSR count). The van der Waals surface area contributed by atoms with Crippen molar-refractivity contribution in [2.24, 2.45) is 0 Å². The first kappa shape index (κ1) is 19.7. The smallest absolute Gasteiger partial charge is 0.159 e. The third-order valence-electron chi connectivity index (χ3n) is 5.58. The average Bonchev–Trinajstić information content (AvgIpc) is 2.77. The molecule has 2 nitrogen and oxygen atoms in total. The van der Waals surface area contributed by atoms with E-state index in [0.717, 1.165) is 18.4 Å².